The van der Waals surface area contributed by atoms with Gasteiger partial charge in [0.25, 0.3) is 10.0 Å². The van der Waals surface area contributed by atoms with Crippen LogP contribution in [0.3, 0.4) is 0 Å². The van der Waals surface area contributed by atoms with Gasteiger partial charge in [-0.1, -0.05) is 29.3 Å². The van der Waals surface area contributed by atoms with Crippen LogP contribution in [-0.4, -0.2) is 31.0 Å². The van der Waals surface area contributed by atoms with E-state index in [1.165, 1.54) is 10.4 Å². The molecule has 0 spiro atoms. The van der Waals surface area contributed by atoms with Gasteiger partial charge < -0.3 is 10.2 Å². The zero-order chi connectivity index (χ0) is 22.4. The fraction of sp³-hybridized carbons (Fsp3) is 0.417. The van der Waals surface area contributed by atoms with Crippen LogP contribution in [0.4, 0.5) is 11.5 Å². The Balaban J connectivity index is 2.05. The van der Waals surface area contributed by atoms with Gasteiger partial charge in [0, 0.05) is 29.0 Å². The van der Waals surface area contributed by atoms with Crippen LogP contribution in [0.5, 0.6) is 0 Å². The molecule has 0 bridgehead atoms. The molecule has 0 unspecified atom stereocenters. The second kappa shape index (κ2) is 8.06. The van der Waals surface area contributed by atoms with Gasteiger partial charge in [0.2, 0.25) is 0 Å². The van der Waals surface area contributed by atoms with Crippen molar-refractivity contribution < 1.29 is 8.42 Å². The smallest absolute Gasteiger partial charge is 0.269 e. The number of nitrogens with one attached hydrogen (secondary N) is 1. The predicted molar refractivity (Wildman–Crippen MR) is 130 cm³/mol. The minimum absolute atomic E-state index is 0.270. The zero-order valence-corrected chi connectivity index (χ0v) is 20.1. The van der Waals surface area contributed by atoms with E-state index >= 15 is 0 Å². The van der Waals surface area contributed by atoms with Crippen molar-refractivity contribution >= 4 is 44.0 Å². The molecule has 3 aromatic rings. The number of hydrogen-bond acceptors (Lipinski definition) is 4. The lowest BCUT2D eigenvalue weighted by molar-refractivity contribution is 0.575. The minimum atomic E-state index is -3.83. The van der Waals surface area contributed by atoms with Crippen LogP contribution >= 0.6 is 11.6 Å². The molecule has 166 valence electrons. The lowest BCUT2D eigenvalue weighted by Gasteiger charge is -2.32. The highest BCUT2D eigenvalue weighted by Crippen LogP contribution is 2.43. The van der Waals surface area contributed by atoms with Crippen molar-refractivity contribution in [3.8, 4) is 0 Å². The number of rotatable bonds is 4. The molecule has 0 amide bonds. The Labute approximate surface area is 190 Å². The van der Waals surface area contributed by atoms with Gasteiger partial charge in [-0.05, 0) is 77.3 Å². The van der Waals surface area contributed by atoms with E-state index in [4.69, 9.17) is 11.6 Å². The third-order valence-electron chi connectivity index (χ3n) is 5.58. The summed E-state index contributed by atoms with van der Waals surface area (Å²) in [6.07, 6.45) is 3.37. The van der Waals surface area contributed by atoms with E-state index in [0.717, 1.165) is 42.6 Å². The highest BCUT2D eigenvalue weighted by molar-refractivity contribution is 7.90. The molecule has 2 heterocycles. The van der Waals surface area contributed by atoms with Gasteiger partial charge in [0.05, 0.1) is 16.1 Å². The SMILES string of the molecule is Cc1ccc(S(=O)(=O)n2c(NC(C)(C)C)c(N3CCCCC3)c3cc(Cl)ccc32)cc1. The second-order valence-corrected chi connectivity index (χ2v) is 11.6. The molecular formula is C24H30ClN3O2S. The first-order valence-electron chi connectivity index (χ1n) is 10.8. The summed E-state index contributed by atoms with van der Waals surface area (Å²) in [5, 5.41) is 4.96. The van der Waals surface area contributed by atoms with Crippen LogP contribution in [-0.2, 0) is 10.0 Å². The highest BCUT2D eigenvalue weighted by Gasteiger charge is 2.32. The standard InChI is InChI=1S/C24H30ClN3O2S/c1-17-8-11-19(12-9-17)31(29,30)28-21-13-10-18(25)16-20(21)22(23(28)26-24(2,3)4)27-14-6-5-7-15-27/h8-13,16,26H,5-7,14-15H2,1-4H3. The van der Waals surface area contributed by atoms with Crippen molar-refractivity contribution in [3.63, 3.8) is 0 Å². The van der Waals surface area contributed by atoms with Crippen molar-refractivity contribution in [2.75, 3.05) is 23.3 Å². The molecular weight excluding hydrogens is 430 g/mol. The molecule has 0 aliphatic carbocycles. The van der Waals surface area contributed by atoms with E-state index in [0.29, 0.717) is 16.4 Å². The van der Waals surface area contributed by atoms with Gasteiger partial charge in [-0.15, -0.1) is 0 Å². The van der Waals surface area contributed by atoms with E-state index in [1.807, 2.05) is 52.0 Å². The number of piperidine rings is 1. The maximum absolute atomic E-state index is 13.9. The van der Waals surface area contributed by atoms with Crippen molar-refractivity contribution in [3.05, 3.63) is 53.1 Å². The third-order valence-corrected chi connectivity index (χ3v) is 7.55. The van der Waals surface area contributed by atoms with Gasteiger partial charge in [0.1, 0.15) is 5.82 Å². The Kier molecular flexibility index (Phi) is 5.73. The second-order valence-electron chi connectivity index (χ2n) is 9.36. The van der Waals surface area contributed by atoms with E-state index in [9.17, 15) is 8.42 Å². The van der Waals surface area contributed by atoms with Crippen molar-refractivity contribution in [1.29, 1.82) is 0 Å². The first-order valence-corrected chi connectivity index (χ1v) is 12.6. The lowest BCUT2D eigenvalue weighted by atomic mass is 10.1. The average Bonchev–Trinajstić information content (AvgIpc) is 3.00. The zero-order valence-electron chi connectivity index (χ0n) is 18.6. The lowest BCUT2D eigenvalue weighted by Crippen LogP contribution is -2.33. The summed E-state index contributed by atoms with van der Waals surface area (Å²) < 4.78 is 29.3. The van der Waals surface area contributed by atoms with Crippen LogP contribution in [0, 0.1) is 6.92 Å². The molecule has 1 aliphatic rings. The number of anilines is 2. The predicted octanol–water partition coefficient (Wildman–Crippen LogP) is 6.04. The van der Waals surface area contributed by atoms with E-state index < -0.39 is 10.0 Å². The van der Waals surface area contributed by atoms with Gasteiger partial charge >= 0.3 is 0 Å². The van der Waals surface area contributed by atoms with Crippen molar-refractivity contribution in [2.45, 2.75) is 57.4 Å². The Bertz CT molecular complexity index is 1200. The van der Waals surface area contributed by atoms with Crippen LogP contribution in [0.15, 0.2) is 47.4 Å². The van der Waals surface area contributed by atoms with Gasteiger partial charge in [-0.3, -0.25) is 0 Å². The molecule has 0 atom stereocenters. The van der Waals surface area contributed by atoms with Gasteiger partial charge in [-0.25, -0.2) is 12.4 Å². The Morgan fingerprint density at radius 1 is 0.968 bits per heavy atom. The number of aryl methyl sites for hydroxylation is 1. The molecule has 4 rings (SSSR count). The maximum Gasteiger partial charge on any atom is 0.269 e. The summed E-state index contributed by atoms with van der Waals surface area (Å²) in [6.45, 7) is 9.87. The monoisotopic (exact) mass is 459 g/mol. The summed E-state index contributed by atoms with van der Waals surface area (Å²) in [5.41, 5.74) is 2.24. The van der Waals surface area contributed by atoms with Crippen LogP contribution in [0.25, 0.3) is 10.9 Å². The third kappa shape index (κ3) is 4.28. The fourth-order valence-corrected chi connectivity index (χ4v) is 5.84. The molecule has 0 saturated carbocycles. The Morgan fingerprint density at radius 2 is 1.61 bits per heavy atom. The molecule has 7 heteroatoms. The van der Waals surface area contributed by atoms with Crippen LogP contribution in [0.1, 0.15) is 45.6 Å². The molecule has 0 radical (unpaired) electrons. The molecule has 1 N–H and O–H groups in total. The van der Waals surface area contributed by atoms with Gasteiger partial charge in [-0.2, -0.15) is 0 Å². The summed E-state index contributed by atoms with van der Waals surface area (Å²) in [6, 6.07) is 12.5. The van der Waals surface area contributed by atoms with E-state index in [2.05, 4.69) is 10.2 Å². The number of halogens is 1. The highest BCUT2D eigenvalue weighted by atomic mass is 35.5. The average molecular weight is 460 g/mol. The van der Waals surface area contributed by atoms with Crippen molar-refractivity contribution in [2.24, 2.45) is 0 Å². The number of hydrogen-bond donors (Lipinski definition) is 1. The Hall–Kier alpha value is -2.18. The summed E-state index contributed by atoms with van der Waals surface area (Å²) in [7, 11) is -3.83. The molecule has 1 fully saturated rings. The molecule has 2 aromatic carbocycles. The quantitative estimate of drug-likeness (QED) is 0.516. The molecule has 1 aliphatic heterocycles. The largest absolute Gasteiger partial charge is 0.368 e. The summed E-state index contributed by atoms with van der Waals surface area (Å²) in [5.74, 6) is 0.604. The summed E-state index contributed by atoms with van der Waals surface area (Å²) >= 11 is 6.38. The van der Waals surface area contributed by atoms with E-state index in [-0.39, 0.29) is 10.4 Å². The van der Waals surface area contributed by atoms with Crippen molar-refractivity contribution in [1.82, 2.24) is 3.97 Å². The molecule has 1 aromatic heterocycles. The van der Waals surface area contributed by atoms with Gasteiger partial charge in [0.15, 0.2) is 0 Å². The molecule has 1 saturated heterocycles. The minimum Gasteiger partial charge on any atom is -0.368 e. The number of benzene rings is 2. The van der Waals surface area contributed by atoms with Crippen LogP contribution < -0.4 is 10.2 Å². The molecule has 5 nitrogen and oxygen atoms in total. The normalized spacial score (nSPS) is 15.5. The molecule has 31 heavy (non-hydrogen) atoms. The number of aromatic nitrogens is 1. The number of nitrogens with zero attached hydrogens (tertiary/aromatic N) is 2. The van der Waals surface area contributed by atoms with Crippen LogP contribution in [0.2, 0.25) is 5.02 Å². The Morgan fingerprint density at radius 3 is 2.23 bits per heavy atom. The summed E-state index contributed by atoms with van der Waals surface area (Å²) in [4.78, 5) is 2.57. The number of fused-ring (bicyclic) bond motifs is 1. The maximum atomic E-state index is 13.9. The first-order chi connectivity index (χ1) is 14.6. The fourth-order valence-electron chi connectivity index (χ4n) is 4.19. The van der Waals surface area contributed by atoms with E-state index in [1.54, 1.807) is 18.2 Å². The topological polar surface area (TPSA) is 54.3 Å². The first kappa shape index (κ1) is 22.0.